The van der Waals surface area contributed by atoms with E-state index < -0.39 is 15.7 Å². The van der Waals surface area contributed by atoms with Crippen LogP contribution in [0.5, 0.6) is 0 Å². The van der Waals surface area contributed by atoms with Gasteiger partial charge in [-0.15, -0.1) is 0 Å². The van der Waals surface area contributed by atoms with E-state index in [1.165, 1.54) is 18.2 Å². The van der Waals surface area contributed by atoms with Gasteiger partial charge in [-0.25, -0.2) is 12.8 Å². The van der Waals surface area contributed by atoms with Crippen LogP contribution < -0.4 is 5.73 Å². The molecular weight excluding hydrogens is 241 g/mol. The molecule has 0 radical (unpaired) electrons. The number of sulfone groups is 1. The third-order valence-corrected chi connectivity index (χ3v) is 4.32. The van der Waals surface area contributed by atoms with Crippen molar-refractivity contribution in [2.75, 3.05) is 5.75 Å². The molecule has 1 aromatic carbocycles. The number of hydrogen-bond acceptors (Lipinski definition) is 3. The molecule has 0 fully saturated rings. The van der Waals surface area contributed by atoms with E-state index in [1.54, 1.807) is 0 Å². The van der Waals surface area contributed by atoms with E-state index >= 15 is 0 Å². The molecule has 0 saturated carbocycles. The van der Waals surface area contributed by atoms with Gasteiger partial charge in [0.05, 0.1) is 5.75 Å². The second-order valence-electron chi connectivity index (χ2n) is 4.22. The summed E-state index contributed by atoms with van der Waals surface area (Å²) in [6.07, 6.45) is 2.04. The van der Waals surface area contributed by atoms with Gasteiger partial charge in [0.2, 0.25) is 0 Å². The summed E-state index contributed by atoms with van der Waals surface area (Å²) in [5.41, 5.74) is 5.57. The van der Waals surface area contributed by atoms with Gasteiger partial charge in [0, 0.05) is 6.04 Å². The van der Waals surface area contributed by atoms with Crippen LogP contribution in [0.2, 0.25) is 0 Å². The number of unbranched alkanes of at least 4 members (excludes halogenated alkanes) is 1. The monoisotopic (exact) mass is 259 g/mol. The molecule has 1 rings (SSSR count). The predicted molar refractivity (Wildman–Crippen MR) is 66.0 cm³/mol. The minimum Gasteiger partial charge on any atom is -0.328 e. The zero-order valence-corrected chi connectivity index (χ0v) is 10.7. The van der Waals surface area contributed by atoms with E-state index in [4.69, 9.17) is 5.73 Å². The molecule has 96 valence electrons. The fraction of sp³-hybridized carbons (Fsp3) is 0.500. The van der Waals surface area contributed by atoms with Crippen molar-refractivity contribution in [2.45, 2.75) is 37.1 Å². The van der Waals surface area contributed by atoms with Crippen molar-refractivity contribution in [3.05, 3.63) is 30.1 Å². The second-order valence-corrected chi connectivity index (χ2v) is 6.30. The zero-order valence-electron chi connectivity index (χ0n) is 9.90. The minimum absolute atomic E-state index is 0.0271. The van der Waals surface area contributed by atoms with E-state index in [2.05, 4.69) is 0 Å². The number of rotatable bonds is 6. The largest absolute Gasteiger partial charge is 0.328 e. The van der Waals surface area contributed by atoms with Crippen molar-refractivity contribution in [2.24, 2.45) is 5.73 Å². The van der Waals surface area contributed by atoms with E-state index in [1.807, 2.05) is 6.92 Å². The number of nitrogens with two attached hydrogens (primary N) is 1. The average Bonchev–Trinajstić information content (AvgIpc) is 2.24. The lowest BCUT2D eigenvalue weighted by Gasteiger charge is -2.06. The maximum atomic E-state index is 13.3. The van der Waals surface area contributed by atoms with Gasteiger partial charge >= 0.3 is 0 Å². The van der Waals surface area contributed by atoms with Crippen LogP contribution in [-0.4, -0.2) is 20.2 Å². The Hall–Kier alpha value is -0.940. The molecule has 0 aliphatic carbocycles. The summed E-state index contributed by atoms with van der Waals surface area (Å²) in [6.45, 7) is 1.88. The number of hydrogen-bond donors (Lipinski definition) is 1. The van der Waals surface area contributed by atoms with Crippen LogP contribution >= 0.6 is 0 Å². The molecule has 0 heterocycles. The predicted octanol–water partition coefficient (Wildman–Crippen LogP) is 2.12. The van der Waals surface area contributed by atoms with Gasteiger partial charge in [-0.05, 0) is 31.9 Å². The maximum absolute atomic E-state index is 13.3. The molecule has 1 atom stereocenters. The number of benzene rings is 1. The highest BCUT2D eigenvalue weighted by Crippen LogP contribution is 2.16. The molecule has 5 heteroatoms. The van der Waals surface area contributed by atoms with Crippen molar-refractivity contribution in [1.29, 1.82) is 0 Å². The first-order chi connectivity index (χ1) is 7.93. The normalized spacial score (nSPS) is 13.6. The quantitative estimate of drug-likeness (QED) is 0.796. The van der Waals surface area contributed by atoms with E-state index in [9.17, 15) is 12.8 Å². The molecular formula is C12H18FNO2S. The van der Waals surface area contributed by atoms with Crippen molar-refractivity contribution >= 4 is 9.84 Å². The van der Waals surface area contributed by atoms with Crippen molar-refractivity contribution in [3.63, 3.8) is 0 Å². The highest BCUT2D eigenvalue weighted by molar-refractivity contribution is 7.91. The van der Waals surface area contributed by atoms with Crippen LogP contribution in [0.4, 0.5) is 4.39 Å². The SMILES string of the molecule is CC(N)CCCCS(=O)(=O)c1ccccc1F. The maximum Gasteiger partial charge on any atom is 0.181 e. The average molecular weight is 259 g/mol. The number of halogens is 1. The fourth-order valence-corrected chi connectivity index (χ4v) is 3.02. The highest BCUT2D eigenvalue weighted by Gasteiger charge is 2.17. The van der Waals surface area contributed by atoms with Gasteiger partial charge in [-0.1, -0.05) is 18.6 Å². The molecule has 0 amide bonds. The Balaban J connectivity index is 2.61. The second kappa shape index (κ2) is 6.12. The molecule has 0 saturated heterocycles. The molecule has 0 spiro atoms. The fourth-order valence-electron chi connectivity index (χ4n) is 1.57. The molecule has 3 nitrogen and oxygen atoms in total. The van der Waals surface area contributed by atoms with Crippen molar-refractivity contribution < 1.29 is 12.8 Å². The van der Waals surface area contributed by atoms with Gasteiger partial charge in [-0.2, -0.15) is 0 Å². The Morgan fingerprint density at radius 1 is 1.29 bits per heavy atom. The van der Waals surface area contributed by atoms with Crippen molar-refractivity contribution in [1.82, 2.24) is 0 Å². The summed E-state index contributed by atoms with van der Waals surface area (Å²) in [4.78, 5) is -0.208. The summed E-state index contributed by atoms with van der Waals surface area (Å²) in [5.74, 6) is -0.708. The van der Waals surface area contributed by atoms with Crippen LogP contribution in [0.3, 0.4) is 0 Å². The first-order valence-electron chi connectivity index (χ1n) is 5.66. The highest BCUT2D eigenvalue weighted by atomic mass is 32.2. The van der Waals surface area contributed by atoms with Crippen LogP contribution in [0, 0.1) is 5.82 Å². The lowest BCUT2D eigenvalue weighted by atomic mass is 10.2. The lowest BCUT2D eigenvalue weighted by molar-refractivity contribution is 0.559. The molecule has 0 aromatic heterocycles. The first-order valence-corrected chi connectivity index (χ1v) is 7.31. The summed E-state index contributed by atoms with van der Waals surface area (Å²) in [5, 5.41) is 0. The zero-order chi connectivity index (χ0) is 12.9. The Bertz CT molecular complexity index is 457. The molecule has 1 unspecified atom stereocenters. The van der Waals surface area contributed by atoms with Gasteiger partial charge in [0.1, 0.15) is 10.7 Å². The van der Waals surface area contributed by atoms with E-state index in [-0.39, 0.29) is 16.7 Å². The standard InChI is InChI=1S/C12H18FNO2S/c1-10(14)6-4-5-9-17(15,16)12-8-3-2-7-11(12)13/h2-3,7-8,10H,4-6,9,14H2,1H3. The molecule has 17 heavy (non-hydrogen) atoms. The third-order valence-electron chi connectivity index (χ3n) is 2.49. The first kappa shape index (κ1) is 14.1. The van der Waals surface area contributed by atoms with Gasteiger partial charge in [0.15, 0.2) is 9.84 Å². The van der Waals surface area contributed by atoms with Crippen LogP contribution in [0.25, 0.3) is 0 Å². The van der Waals surface area contributed by atoms with Crippen LogP contribution in [0.15, 0.2) is 29.2 Å². The van der Waals surface area contributed by atoms with Crippen molar-refractivity contribution in [3.8, 4) is 0 Å². The Morgan fingerprint density at radius 3 is 2.53 bits per heavy atom. The molecule has 0 aliphatic heterocycles. The molecule has 0 aliphatic rings. The van der Waals surface area contributed by atoms with Gasteiger partial charge < -0.3 is 5.73 Å². The third kappa shape index (κ3) is 4.44. The van der Waals surface area contributed by atoms with Crippen LogP contribution in [-0.2, 0) is 9.84 Å². The topological polar surface area (TPSA) is 60.2 Å². The Morgan fingerprint density at radius 2 is 1.94 bits per heavy atom. The minimum atomic E-state index is -3.50. The summed E-state index contributed by atoms with van der Waals surface area (Å²) in [6, 6.07) is 5.54. The van der Waals surface area contributed by atoms with E-state index in [0.29, 0.717) is 6.42 Å². The summed E-state index contributed by atoms with van der Waals surface area (Å²) >= 11 is 0. The van der Waals surface area contributed by atoms with Gasteiger partial charge in [0.25, 0.3) is 0 Å². The van der Waals surface area contributed by atoms with E-state index in [0.717, 1.165) is 18.9 Å². The van der Waals surface area contributed by atoms with Gasteiger partial charge in [-0.3, -0.25) is 0 Å². The molecule has 1 aromatic rings. The lowest BCUT2D eigenvalue weighted by Crippen LogP contribution is -2.15. The molecule has 2 N–H and O–H groups in total. The Kier molecular flexibility index (Phi) is 5.08. The van der Waals surface area contributed by atoms with Crippen LogP contribution in [0.1, 0.15) is 26.2 Å². The molecule has 0 bridgehead atoms. The smallest absolute Gasteiger partial charge is 0.181 e. The summed E-state index contributed by atoms with van der Waals surface area (Å²) < 4.78 is 37.0. The summed E-state index contributed by atoms with van der Waals surface area (Å²) in [7, 11) is -3.50. The Labute approximate surface area is 102 Å².